The van der Waals surface area contributed by atoms with E-state index in [0.29, 0.717) is 30.3 Å². The van der Waals surface area contributed by atoms with Crippen LogP contribution in [0.1, 0.15) is 0 Å². The lowest BCUT2D eigenvalue weighted by atomic mass is 10.2. The summed E-state index contributed by atoms with van der Waals surface area (Å²) in [5.74, 6) is -0.0768. The second-order valence-corrected chi connectivity index (χ2v) is 6.22. The van der Waals surface area contributed by atoms with Crippen molar-refractivity contribution in [2.75, 3.05) is 5.73 Å². The Morgan fingerprint density at radius 2 is 1.75 bits per heavy atom. The summed E-state index contributed by atoms with van der Waals surface area (Å²) >= 11 is 13.9. The van der Waals surface area contributed by atoms with Gasteiger partial charge in [0.25, 0.3) is 0 Å². The third kappa shape index (κ3) is 2.34. The van der Waals surface area contributed by atoms with Gasteiger partial charge in [0.2, 0.25) is 5.95 Å². The normalized spacial score (nSPS) is 11.2. The molecule has 20 heavy (non-hydrogen) atoms. The number of anilines is 1. The van der Waals surface area contributed by atoms with Gasteiger partial charge in [0.15, 0.2) is 0 Å². The van der Waals surface area contributed by atoms with Gasteiger partial charge in [-0.25, -0.2) is 9.37 Å². The van der Waals surface area contributed by atoms with Crippen molar-refractivity contribution in [3.8, 4) is 5.69 Å². The minimum absolute atomic E-state index is 0.250. The van der Waals surface area contributed by atoms with Crippen molar-refractivity contribution < 1.29 is 4.39 Å². The van der Waals surface area contributed by atoms with E-state index in [0.717, 1.165) is 0 Å². The molecule has 102 valence electrons. The molecular formula is C13H7Cl2FIN3. The zero-order valence-corrected chi connectivity index (χ0v) is 13.5. The molecule has 3 aromatic rings. The molecular weight excluding hydrogens is 415 g/mol. The molecule has 0 fully saturated rings. The molecule has 7 heteroatoms. The number of rotatable bonds is 1. The van der Waals surface area contributed by atoms with Gasteiger partial charge >= 0.3 is 0 Å². The first-order chi connectivity index (χ1) is 9.45. The van der Waals surface area contributed by atoms with E-state index in [2.05, 4.69) is 4.98 Å². The predicted molar refractivity (Wildman–Crippen MR) is 88.2 cm³/mol. The van der Waals surface area contributed by atoms with Gasteiger partial charge in [-0.05, 0) is 46.9 Å². The van der Waals surface area contributed by atoms with Crippen LogP contribution >= 0.6 is 45.8 Å². The van der Waals surface area contributed by atoms with Gasteiger partial charge in [-0.15, -0.1) is 0 Å². The number of imidazole rings is 1. The van der Waals surface area contributed by atoms with E-state index in [-0.39, 0.29) is 11.8 Å². The molecule has 0 radical (unpaired) electrons. The third-order valence-corrected chi connectivity index (χ3v) is 4.09. The number of fused-ring (bicyclic) bond motifs is 1. The van der Waals surface area contributed by atoms with Gasteiger partial charge < -0.3 is 5.73 Å². The second-order valence-electron chi connectivity index (χ2n) is 4.19. The van der Waals surface area contributed by atoms with Gasteiger partial charge in [-0.1, -0.05) is 23.2 Å². The number of hydrogen-bond acceptors (Lipinski definition) is 2. The Morgan fingerprint density at radius 1 is 1.10 bits per heavy atom. The molecule has 0 bridgehead atoms. The smallest absolute Gasteiger partial charge is 0.205 e. The summed E-state index contributed by atoms with van der Waals surface area (Å²) < 4.78 is 15.9. The zero-order valence-electron chi connectivity index (χ0n) is 9.87. The molecule has 0 saturated carbocycles. The Kier molecular flexibility index (Phi) is 3.51. The summed E-state index contributed by atoms with van der Waals surface area (Å²) in [4.78, 5) is 4.23. The van der Waals surface area contributed by atoms with E-state index >= 15 is 0 Å². The number of nitrogen functional groups attached to an aromatic ring is 1. The molecule has 0 aliphatic heterocycles. The standard InChI is InChI=1S/C13H7Cl2FIN3/c14-6-1-7(15)3-8(2-6)20-12-4-9(16)10(17)5-11(12)19-13(20)18/h1-5H,(H2,18,19). The van der Waals surface area contributed by atoms with Gasteiger partial charge in [0.1, 0.15) is 5.82 Å². The molecule has 2 aromatic carbocycles. The van der Waals surface area contributed by atoms with E-state index < -0.39 is 0 Å². The van der Waals surface area contributed by atoms with Crippen LogP contribution in [0.2, 0.25) is 10.0 Å². The Bertz CT molecular complexity index is 812. The Hall–Kier alpha value is -1.05. The van der Waals surface area contributed by atoms with Crippen molar-refractivity contribution in [3.05, 3.63) is 49.8 Å². The number of nitrogens with zero attached hydrogens (tertiary/aromatic N) is 2. The lowest BCUT2D eigenvalue weighted by Crippen LogP contribution is -2.00. The van der Waals surface area contributed by atoms with Crippen molar-refractivity contribution >= 4 is 62.8 Å². The van der Waals surface area contributed by atoms with Gasteiger partial charge in [-0.3, -0.25) is 4.57 Å². The second kappa shape index (κ2) is 5.05. The fraction of sp³-hybridized carbons (Fsp3) is 0. The van der Waals surface area contributed by atoms with Crippen LogP contribution in [0.4, 0.5) is 10.3 Å². The highest BCUT2D eigenvalue weighted by Gasteiger charge is 2.13. The highest BCUT2D eigenvalue weighted by Crippen LogP contribution is 2.29. The largest absolute Gasteiger partial charge is 0.369 e. The van der Waals surface area contributed by atoms with Crippen LogP contribution in [0.5, 0.6) is 0 Å². The van der Waals surface area contributed by atoms with Gasteiger partial charge in [0.05, 0.1) is 20.3 Å². The summed E-state index contributed by atoms with van der Waals surface area (Å²) in [6, 6.07) is 8.05. The maximum Gasteiger partial charge on any atom is 0.205 e. The van der Waals surface area contributed by atoms with Crippen molar-refractivity contribution in [1.29, 1.82) is 0 Å². The summed E-state index contributed by atoms with van der Waals surface area (Å²) in [6.07, 6.45) is 0. The fourth-order valence-electron chi connectivity index (χ4n) is 2.03. The molecule has 0 atom stereocenters. The van der Waals surface area contributed by atoms with E-state index in [1.165, 1.54) is 6.07 Å². The molecule has 0 spiro atoms. The molecule has 3 rings (SSSR count). The maximum atomic E-state index is 13.8. The van der Waals surface area contributed by atoms with Gasteiger partial charge in [-0.2, -0.15) is 0 Å². The van der Waals surface area contributed by atoms with Crippen LogP contribution in [-0.4, -0.2) is 9.55 Å². The molecule has 3 nitrogen and oxygen atoms in total. The van der Waals surface area contributed by atoms with Crippen LogP contribution < -0.4 is 5.73 Å². The minimum atomic E-state index is -0.327. The van der Waals surface area contributed by atoms with Crippen molar-refractivity contribution in [2.45, 2.75) is 0 Å². The molecule has 0 aliphatic carbocycles. The highest BCUT2D eigenvalue weighted by molar-refractivity contribution is 14.1. The quantitative estimate of drug-likeness (QED) is 0.581. The van der Waals surface area contributed by atoms with Crippen LogP contribution in [0.3, 0.4) is 0 Å². The summed E-state index contributed by atoms with van der Waals surface area (Å²) in [7, 11) is 0. The van der Waals surface area contributed by atoms with Crippen molar-refractivity contribution in [2.24, 2.45) is 0 Å². The lowest BCUT2D eigenvalue weighted by Gasteiger charge is -2.08. The molecule has 0 amide bonds. The lowest BCUT2D eigenvalue weighted by molar-refractivity contribution is 0.622. The first-order valence-corrected chi connectivity index (χ1v) is 7.38. The Labute approximate surface area is 137 Å². The topological polar surface area (TPSA) is 43.8 Å². The molecule has 1 heterocycles. The number of aromatic nitrogens is 2. The van der Waals surface area contributed by atoms with E-state index in [1.54, 1.807) is 28.8 Å². The van der Waals surface area contributed by atoms with Crippen LogP contribution in [0.25, 0.3) is 16.7 Å². The number of nitrogens with two attached hydrogens (primary N) is 1. The third-order valence-electron chi connectivity index (χ3n) is 2.83. The SMILES string of the molecule is Nc1nc2cc(I)c(F)cc2n1-c1cc(Cl)cc(Cl)c1. The van der Waals surface area contributed by atoms with Crippen LogP contribution in [0.15, 0.2) is 30.3 Å². The van der Waals surface area contributed by atoms with E-state index in [9.17, 15) is 4.39 Å². The van der Waals surface area contributed by atoms with Crippen LogP contribution in [0, 0.1) is 9.39 Å². The van der Waals surface area contributed by atoms with Gasteiger partial charge in [0, 0.05) is 16.1 Å². The molecule has 0 aliphatic rings. The van der Waals surface area contributed by atoms with E-state index in [1.807, 2.05) is 22.6 Å². The average Bonchev–Trinajstić information content (AvgIpc) is 2.64. The highest BCUT2D eigenvalue weighted by atomic mass is 127. The zero-order chi connectivity index (χ0) is 14.4. The van der Waals surface area contributed by atoms with Crippen molar-refractivity contribution in [3.63, 3.8) is 0 Å². The maximum absolute atomic E-state index is 13.8. The summed E-state index contributed by atoms with van der Waals surface area (Å²) in [5.41, 5.74) is 7.75. The Morgan fingerprint density at radius 3 is 2.40 bits per heavy atom. The monoisotopic (exact) mass is 421 g/mol. The van der Waals surface area contributed by atoms with E-state index in [4.69, 9.17) is 28.9 Å². The number of halogens is 4. The summed E-state index contributed by atoms with van der Waals surface area (Å²) in [6.45, 7) is 0. The van der Waals surface area contributed by atoms with Crippen LogP contribution in [-0.2, 0) is 0 Å². The number of hydrogen-bond donors (Lipinski definition) is 1. The summed E-state index contributed by atoms with van der Waals surface area (Å²) in [5, 5.41) is 0.944. The first kappa shape index (κ1) is 13.9. The molecule has 0 saturated heterocycles. The predicted octanol–water partition coefficient (Wildman–Crippen LogP) is 4.66. The molecule has 1 aromatic heterocycles. The molecule has 2 N–H and O–H groups in total. The Balaban J connectivity index is 2.35. The first-order valence-electron chi connectivity index (χ1n) is 5.55. The minimum Gasteiger partial charge on any atom is -0.369 e. The fourth-order valence-corrected chi connectivity index (χ4v) is 3.00. The molecule has 0 unspecified atom stereocenters. The number of benzene rings is 2. The average molecular weight is 422 g/mol. The van der Waals surface area contributed by atoms with Crippen molar-refractivity contribution in [1.82, 2.24) is 9.55 Å².